The van der Waals surface area contributed by atoms with E-state index >= 15 is 0 Å². The van der Waals surface area contributed by atoms with E-state index in [1.807, 2.05) is 6.07 Å². The van der Waals surface area contributed by atoms with Crippen LogP contribution in [0.25, 0.3) is 10.2 Å². The van der Waals surface area contributed by atoms with Crippen molar-refractivity contribution in [3.05, 3.63) is 77.8 Å². The summed E-state index contributed by atoms with van der Waals surface area (Å²) in [7, 11) is -3.70. The Balaban J connectivity index is 1.90. The number of hydrogen-bond donors (Lipinski definition) is 1. The van der Waals surface area contributed by atoms with E-state index in [4.69, 9.17) is 0 Å². The van der Waals surface area contributed by atoms with Gasteiger partial charge in [0.05, 0.1) is 20.7 Å². The quantitative estimate of drug-likeness (QED) is 0.464. The van der Waals surface area contributed by atoms with Crippen LogP contribution in [0.1, 0.15) is 10.4 Å². The summed E-state index contributed by atoms with van der Waals surface area (Å²) >= 11 is 4.57. The molecule has 1 amide bonds. The van der Waals surface area contributed by atoms with Gasteiger partial charge in [-0.1, -0.05) is 35.6 Å². The summed E-state index contributed by atoms with van der Waals surface area (Å²) in [6, 6.07) is 11.8. The summed E-state index contributed by atoms with van der Waals surface area (Å²) in [5.41, 5.74) is 1.09. The van der Waals surface area contributed by atoms with Crippen LogP contribution in [0.4, 0.5) is 5.13 Å². The van der Waals surface area contributed by atoms with Gasteiger partial charge >= 0.3 is 0 Å². The molecule has 9 heteroatoms. The Bertz CT molecular complexity index is 1180. The number of sulfonamides is 1. The highest BCUT2D eigenvalue weighted by Gasteiger charge is 2.23. The lowest BCUT2D eigenvalue weighted by Crippen LogP contribution is -2.31. The summed E-state index contributed by atoms with van der Waals surface area (Å²) in [4.78, 5) is 17.0. The summed E-state index contributed by atoms with van der Waals surface area (Å²) in [5, 5.41) is 3.16. The van der Waals surface area contributed by atoms with Gasteiger partial charge in [0.25, 0.3) is 5.91 Å². The Hall–Kier alpha value is -2.33. The number of rotatable bonds is 8. The van der Waals surface area contributed by atoms with Gasteiger partial charge in [0.1, 0.15) is 0 Å². The van der Waals surface area contributed by atoms with Gasteiger partial charge in [-0.2, -0.15) is 4.31 Å². The summed E-state index contributed by atoms with van der Waals surface area (Å²) in [6.45, 7) is 7.59. The molecule has 6 nitrogen and oxygen atoms in total. The van der Waals surface area contributed by atoms with Crippen molar-refractivity contribution >= 4 is 58.5 Å². The Morgan fingerprint density at radius 1 is 1.17 bits per heavy atom. The molecule has 0 radical (unpaired) electrons. The van der Waals surface area contributed by atoms with Crippen molar-refractivity contribution in [3.63, 3.8) is 0 Å². The third-order valence-electron chi connectivity index (χ3n) is 4.00. The number of hydrogen-bond acceptors (Lipinski definition) is 5. The first-order valence-corrected chi connectivity index (χ1v) is 11.6. The van der Waals surface area contributed by atoms with Crippen molar-refractivity contribution in [2.45, 2.75) is 4.90 Å². The highest BCUT2D eigenvalue weighted by Crippen LogP contribution is 2.30. The molecule has 0 aliphatic carbocycles. The number of aromatic nitrogens is 1. The molecule has 2 aromatic carbocycles. The van der Waals surface area contributed by atoms with Crippen LogP contribution in [0.5, 0.6) is 0 Å². The fourth-order valence-corrected chi connectivity index (χ4v) is 5.48. The highest BCUT2D eigenvalue weighted by atomic mass is 79.9. The molecule has 1 N–H and O–H groups in total. The molecule has 0 saturated carbocycles. The lowest BCUT2D eigenvalue weighted by molar-refractivity contribution is 0.102. The third-order valence-corrected chi connectivity index (χ3v) is 7.45. The maximum atomic E-state index is 12.9. The van der Waals surface area contributed by atoms with E-state index in [2.05, 4.69) is 39.4 Å². The number of halogens is 1. The lowest BCUT2D eigenvalue weighted by atomic mass is 10.2. The molecule has 1 heterocycles. The van der Waals surface area contributed by atoms with Crippen LogP contribution < -0.4 is 5.32 Å². The van der Waals surface area contributed by atoms with Crippen molar-refractivity contribution in [2.75, 3.05) is 18.4 Å². The Labute approximate surface area is 181 Å². The first-order valence-electron chi connectivity index (χ1n) is 8.55. The van der Waals surface area contributed by atoms with Crippen LogP contribution in [-0.2, 0) is 10.0 Å². The number of fused-ring (bicyclic) bond motifs is 1. The van der Waals surface area contributed by atoms with Crippen molar-refractivity contribution in [3.8, 4) is 0 Å². The van der Waals surface area contributed by atoms with Gasteiger partial charge < -0.3 is 0 Å². The van der Waals surface area contributed by atoms with Gasteiger partial charge in [0.2, 0.25) is 10.0 Å². The zero-order valence-electron chi connectivity index (χ0n) is 15.3. The Morgan fingerprint density at radius 3 is 2.52 bits per heavy atom. The zero-order chi connectivity index (χ0) is 21.0. The molecule has 3 rings (SSSR count). The number of carbonyl (C=O) groups is 1. The van der Waals surface area contributed by atoms with Crippen molar-refractivity contribution < 1.29 is 13.2 Å². The molecular formula is C20H18BrN3O3S2. The lowest BCUT2D eigenvalue weighted by Gasteiger charge is -2.18. The normalized spacial score (nSPS) is 11.5. The number of nitrogens with one attached hydrogen (secondary N) is 1. The van der Waals surface area contributed by atoms with E-state index in [1.54, 1.807) is 30.3 Å². The van der Waals surface area contributed by atoms with E-state index in [-0.39, 0.29) is 23.9 Å². The largest absolute Gasteiger partial charge is 0.298 e. The van der Waals surface area contributed by atoms with Gasteiger partial charge in [-0.15, -0.1) is 13.2 Å². The van der Waals surface area contributed by atoms with Gasteiger partial charge in [0, 0.05) is 17.6 Å². The molecule has 1 aromatic heterocycles. The van der Waals surface area contributed by atoms with E-state index in [0.717, 1.165) is 0 Å². The summed E-state index contributed by atoms with van der Waals surface area (Å²) in [6.07, 6.45) is 3.06. The number of benzene rings is 2. The van der Waals surface area contributed by atoms with Crippen LogP contribution in [0.2, 0.25) is 0 Å². The first kappa shape index (κ1) is 21.4. The van der Waals surface area contributed by atoms with Crippen LogP contribution in [0, 0.1) is 0 Å². The molecule has 0 fully saturated rings. The predicted octanol–water partition coefficient (Wildman–Crippen LogP) is 4.67. The smallest absolute Gasteiger partial charge is 0.258 e. The topological polar surface area (TPSA) is 79.4 Å². The molecular weight excluding hydrogens is 474 g/mol. The van der Waals surface area contributed by atoms with Crippen molar-refractivity contribution in [1.29, 1.82) is 0 Å². The molecule has 0 saturated heterocycles. The fraction of sp³-hybridized carbons (Fsp3) is 0.100. The second kappa shape index (κ2) is 9.00. The molecule has 150 valence electrons. The minimum absolute atomic E-state index is 0.154. The average molecular weight is 492 g/mol. The first-order chi connectivity index (χ1) is 13.9. The predicted molar refractivity (Wildman–Crippen MR) is 121 cm³/mol. The highest BCUT2D eigenvalue weighted by molar-refractivity contribution is 9.10. The molecule has 0 unspecified atom stereocenters. The van der Waals surface area contributed by atoms with Gasteiger partial charge in [-0.3, -0.25) is 10.1 Å². The van der Waals surface area contributed by atoms with E-state index in [9.17, 15) is 13.2 Å². The van der Waals surface area contributed by atoms with Crippen LogP contribution in [0.15, 0.2) is 77.1 Å². The van der Waals surface area contributed by atoms with E-state index < -0.39 is 10.0 Å². The standard InChI is InChI=1S/C20H18BrN3O3S2/c1-3-11-24(12-4-2)29(26,27)14-9-10-17-18(13-14)28-20(22-17)23-19(25)15-7-5-6-8-16(15)21/h3-10,13H,1-2,11-12H2,(H,22,23,25). The molecule has 29 heavy (non-hydrogen) atoms. The second-order valence-electron chi connectivity index (χ2n) is 5.98. The number of thiazole rings is 1. The molecule has 0 aliphatic rings. The van der Waals surface area contributed by atoms with Crippen LogP contribution >= 0.6 is 27.3 Å². The van der Waals surface area contributed by atoms with Gasteiger partial charge in [0.15, 0.2) is 5.13 Å². The number of nitrogens with zero attached hydrogens (tertiary/aromatic N) is 2. The van der Waals surface area contributed by atoms with Crippen molar-refractivity contribution in [2.24, 2.45) is 0 Å². The third kappa shape index (κ3) is 4.64. The number of anilines is 1. The maximum absolute atomic E-state index is 12.9. The average Bonchev–Trinajstić information content (AvgIpc) is 3.09. The molecule has 0 bridgehead atoms. The fourth-order valence-electron chi connectivity index (χ4n) is 2.64. The molecule has 0 aliphatic heterocycles. The van der Waals surface area contributed by atoms with Crippen LogP contribution in [0.3, 0.4) is 0 Å². The summed E-state index contributed by atoms with van der Waals surface area (Å²) < 4.78 is 28.4. The van der Waals surface area contributed by atoms with Gasteiger partial charge in [-0.05, 0) is 46.3 Å². The van der Waals surface area contributed by atoms with Crippen molar-refractivity contribution in [1.82, 2.24) is 9.29 Å². The summed E-state index contributed by atoms with van der Waals surface area (Å²) in [5.74, 6) is -0.299. The number of carbonyl (C=O) groups excluding carboxylic acids is 1. The number of amides is 1. The SMILES string of the molecule is C=CCN(CC=C)S(=O)(=O)c1ccc2nc(NC(=O)c3ccccc3Br)sc2c1. The molecule has 3 aromatic rings. The minimum Gasteiger partial charge on any atom is -0.298 e. The maximum Gasteiger partial charge on any atom is 0.258 e. The Morgan fingerprint density at radius 2 is 1.86 bits per heavy atom. The minimum atomic E-state index is -3.70. The zero-order valence-corrected chi connectivity index (χ0v) is 18.6. The van der Waals surface area contributed by atoms with Gasteiger partial charge in [-0.25, -0.2) is 13.4 Å². The molecule has 0 atom stereocenters. The molecule has 0 spiro atoms. The Kier molecular flexibility index (Phi) is 6.63. The second-order valence-corrected chi connectivity index (χ2v) is 9.80. The van der Waals surface area contributed by atoms with E-state index in [0.29, 0.717) is 25.4 Å². The van der Waals surface area contributed by atoms with Crippen LogP contribution in [-0.4, -0.2) is 36.7 Å². The monoisotopic (exact) mass is 491 g/mol. The van der Waals surface area contributed by atoms with E-state index in [1.165, 1.54) is 33.9 Å².